The first-order chi connectivity index (χ1) is 33.6. The first-order valence-corrected chi connectivity index (χ1v) is 25.8. The second kappa shape index (κ2) is 28.7. The Hall–Kier alpha value is -3.71. The van der Waals surface area contributed by atoms with Crippen LogP contribution in [0.15, 0.2) is 59.8 Å². The zero-order valence-corrected chi connectivity index (χ0v) is 43.9. The fourth-order valence-electron chi connectivity index (χ4n) is 10.6. The summed E-state index contributed by atoms with van der Waals surface area (Å²) in [7, 11) is 4.55. The molecule has 400 valence electrons. The highest BCUT2D eigenvalue weighted by atomic mass is 16.6. The molecule has 4 aliphatic rings. The Morgan fingerprint density at radius 2 is 1.59 bits per heavy atom. The van der Waals surface area contributed by atoms with Gasteiger partial charge in [-0.3, -0.25) is 19.2 Å². The van der Waals surface area contributed by atoms with Gasteiger partial charge >= 0.3 is 5.97 Å². The van der Waals surface area contributed by atoms with Crippen LogP contribution in [0.4, 0.5) is 0 Å². The lowest BCUT2D eigenvalue weighted by Crippen LogP contribution is -2.61. The van der Waals surface area contributed by atoms with Crippen LogP contribution in [0, 0.1) is 35.5 Å². The summed E-state index contributed by atoms with van der Waals surface area (Å²) >= 11 is 0. The molecule has 16 heteroatoms. The Labute approximate surface area is 421 Å². The van der Waals surface area contributed by atoms with E-state index in [2.05, 4.69) is 0 Å². The van der Waals surface area contributed by atoms with E-state index in [9.17, 15) is 34.2 Å². The summed E-state index contributed by atoms with van der Waals surface area (Å²) in [5.41, 5.74) is 1.25. The predicted octanol–water partition coefficient (Wildman–Crippen LogP) is 6.07. The third kappa shape index (κ3) is 16.9. The van der Waals surface area contributed by atoms with Crippen LogP contribution in [0.2, 0.25) is 0 Å². The van der Waals surface area contributed by atoms with E-state index in [1.807, 2.05) is 58.1 Å². The number of carbonyl (C=O) groups excluding carboxylic acids is 5. The normalized spacial score (nSPS) is 38.2. The molecule has 0 unspecified atom stereocenters. The number of aliphatic hydroxyl groups excluding tert-OH is 2. The number of fused-ring (bicyclic) bond motifs is 3. The number of carbonyl (C=O) groups is 5. The molecular formula is C55H85NO15. The van der Waals surface area contributed by atoms with Crippen molar-refractivity contribution in [3.05, 3.63) is 59.8 Å². The zero-order valence-electron chi connectivity index (χ0n) is 43.9. The average molecular weight is 1000 g/mol. The molecule has 0 radical (unpaired) electrons. The molecule has 0 aromatic heterocycles. The molecule has 16 nitrogen and oxygen atoms in total. The van der Waals surface area contributed by atoms with Crippen molar-refractivity contribution in [3.8, 4) is 0 Å². The molecular weight excluding hydrogens is 915 g/mol. The molecule has 2 bridgehead atoms. The van der Waals surface area contributed by atoms with Crippen molar-refractivity contribution >= 4 is 29.2 Å². The van der Waals surface area contributed by atoms with Crippen LogP contribution < -0.4 is 0 Å². The van der Waals surface area contributed by atoms with Crippen molar-refractivity contribution in [2.45, 2.75) is 186 Å². The van der Waals surface area contributed by atoms with Crippen LogP contribution >= 0.6 is 0 Å². The van der Waals surface area contributed by atoms with Crippen LogP contribution in [0.1, 0.15) is 126 Å². The van der Waals surface area contributed by atoms with E-state index in [0.29, 0.717) is 63.4 Å². The molecule has 0 spiro atoms. The third-order valence-corrected chi connectivity index (χ3v) is 15.2. The lowest BCUT2D eigenvalue weighted by atomic mass is 9.78. The number of hydrogen-bond donors (Lipinski definition) is 4. The number of methoxy groups -OCH3 is 3. The summed E-state index contributed by atoms with van der Waals surface area (Å²) < 4.78 is 35.8. The van der Waals surface area contributed by atoms with E-state index in [0.717, 1.165) is 12.0 Å². The fraction of sp³-hybridized carbons (Fsp3) is 0.727. The number of nitrogens with zero attached hydrogens (tertiary/aromatic N) is 1. The van der Waals surface area contributed by atoms with Crippen LogP contribution in [-0.2, 0) is 52.4 Å². The number of piperidine rings is 1. The maximum Gasteiger partial charge on any atom is 0.329 e. The van der Waals surface area contributed by atoms with Gasteiger partial charge in [-0.1, -0.05) is 77.2 Å². The Bertz CT molecular complexity index is 1920. The number of hydrogen-bond acceptors (Lipinski definition) is 15. The lowest BCUT2D eigenvalue weighted by Gasteiger charge is -2.42. The van der Waals surface area contributed by atoms with Gasteiger partial charge in [0.25, 0.3) is 11.7 Å². The molecule has 2 saturated heterocycles. The average Bonchev–Trinajstić information content (AvgIpc) is 3.34. The van der Waals surface area contributed by atoms with Crippen LogP contribution in [-0.4, -0.2) is 150 Å². The molecule has 1 amide bonds. The minimum Gasteiger partial charge on any atom is -0.460 e. The van der Waals surface area contributed by atoms with Crippen molar-refractivity contribution in [3.63, 3.8) is 0 Å². The number of rotatable bonds is 10. The molecule has 0 aromatic carbocycles. The highest BCUT2D eigenvalue weighted by Gasteiger charge is 2.53. The van der Waals surface area contributed by atoms with Gasteiger partial charge in [0.2, 0.25) is 5.79 Å². The SMILES string of the molecule is CO[C@H]1C[C@@H]2CC[C@@H](C)[C@@](O)(O2)C(=O)C(=O)N2CCCC[C@H]2C(=O)O[C@H]([C@H](C)C[C@@H]2CC[C@@H](OC/C=C/C(O)O)[C@H](OC)C2)CC(=O)[C@H](C)/C=C(\C)[C@@H](O)[C@@H](OC)C(=O)[C@H](C)C[C@H](C)/C=C/C=C/C=C/1C. The predicted molar refractivity (Wildman–Crippen MR) is 266 cm³/mol. The van der Waals surface area contributed by atoms with Crippen molar-refractivity contribution in [2.24, 2.45) is 35.5 Å². The number of allylic oxidation sites excluding steroid dienone is 6. The van der Waals surface area contributed by atoms with Crippen molar-refractivity contribution < 1.29 is 72.8 Å². The van der Waals surface area contributed by atoms with Gasteiger partial charge in [-0.05, 0) is 113 Å². The molecule has 71 heavy (non-hydrogen) atoms. The highest BCUT2D eigenvalue weighted by molar-refractivity contribution is 6.39. The minimum absolute atomic E-state index is 0.00673. The number of cyclic esters (lactones) is 1. The molecule has 4 rings (SSSR count). The number of aliphatic hydroxyl groups is 4. The van der Waals surface area contributed by atoms with Gasteiger partial charge in [0.1, 0.15) is 30.1 Å². The topological polar surface area (TPSA) is 225 Å². The van der Waals surface area contributed by atoms with Gasteiger partial charge in [-0.2, -0.15) is 0 Å². The lowest BCUT2D eigenvalue weighted by molar-refractivity contribution is -0.265. The number of Topliss-reactive ketones (excluding diaryl/α,β-unsaturated/α-hetero) is 3. The monoisotopic (exact) mass is 1000 g/mol. The van der Waals surface area contributed by atoms with Crippen LogP contribution in [0.25, 0.3) is 0 Å². The van der Waals surface area contributed by atoms with Gasteiger partial charge in [-0.15, -0.1) is 0 Å². The first kappa shape index (κ1) is 59.8. The number of amides is 1. The van der Waals surface area contributed by atoms with Crippen molar-refractivity contribution in [1.82, 2.24) is 4.90 Å². The smallest absolute Gasteiger partial charge is 0.329 e. The van der Waals surface area contributed by atoms with Gasteiger partial charge < -0.3 is 53.7 Å². The quantitative estimate of drug-likeness (QED) is 0.0844. The van der Waals surface area contributed by atoms with Crippen LogP contribution in [0.3, 0.4) is 0 Å². The second-order valence-electron chi connectivity index (χ2n) is 20.7. The summed E-state index contributed by atoms with van der Waals surface area (Å²) in [4.78, 5) is 72.3. The van der Waals surface area contributed by atoms with E-state index >= 15 is 0 Å². The summed E-state index contributed by atoms with van der Waals surface area (Å²) in [6.07, 6.45) is 12.7. The maximum atomic E-state index is 14.5. The molecule has 15 atom stereocenters. The van der Waals surface area contributed by atoms with E-state index in [-0.39, 0.29) is 67.5 Å². The standard InChI is InChI=1S/C55H85NO15/c1-33-17-12-11-13-18-34(2)45(66-8)31-41-23-21-39(7)55(65,71-41)52(62)53(63)56-25-15-14-19-42(56)54(64)70-46(32-43(57)35(3)28-38(6)50(61)51(68-10)49(60)37(5)27-33)36(4)29-40-22-24-44(47(30-40)67-9)69-26-16-20-48(58)59/h11-13,16-18,20,28,33,35-37,39-42,44-48,50-51,58-59,61,65H,14-15,19,21-27,29-32H2,1-10H3/b13-11+,17-12+,20-16+,34-18+,38-28+/t33-,35-,36-,37-,39-,40+,41+,42+,44-,45+,46+,47-,50-,51+,55-/m1/s1. The second-order valence-corrected chi connectivity index (χ2v) is 20.7. The highest BCUT2D eigenvalue weighted by Crippen LogP contribution is 2.38. The van der Waals surface area contributed by atoms with Gasteiger partial charge in [0.05, 0.1) is 31.0 Å². The van der Waals surface area contributed by atoms with E-state index < -0.39 is 84.1 Å². The van der Waals surface area contributed by atoms with E-state index in [4.69, 9.17) is 38.6 Å². The summed E-state index contributed by atoms with van der Waals surface area (Å²) in [6, 6.07) is -1.16. The molecule has 1 aliphatic carbocycles. The van der Waals surface area contributed by atoms with Crippen LogP contribution in [0.5, 0.6) is 0 Å². The molecule has 0 aromatic rings. The molecule has 3 aliphatic heterocycles. The Morgan fingerprint density at radius 3 is 2.27 bits per heavy atom. The van der Waals surface area contributed by atoms with Gasteiger partial charge in [-0.25, -0.2) is 4.79 Å². The van der Waals surface area contributed by atoms with Gasteiger partial charge in [0.15, 0.2) is 12.1 Å². The molecule has 3 fully saturated rings. The number of ether oxygens (including phenoxy) is 6. The maximum absolute atomic E-state index is 14.5. The molecule has 4 N–H and O–H groups in total. The summed E-state index contributed by atoms with van der Waals surface area (Å²) in [5.74, 6) is -8.16. The minimum atomic E-state index is -2.45. The Morgan fingerprint density at radius 1 is 0.859 bits per heavy atom. The fourth-order valence-corrected chi connectivity index (χ4v) is 10.6. The summed E-state index contributed by atoms with van der Waals surface area (Å²) in [5, 5.41) is 41.8. The Balaban J connectivity index is 1.68. The van der Waals surface area contributed by atoms with E-state index in [1.165, 1.54) is 24.2 Å². The third-order valence-electron chi connectivity index (χ3n) is 15.2. The molecule has 1 saturated carbocycles. The number of ketones is 3. The van der Waals surface area contributed by atoms with Crippen molar-refractivity contribution in [1.29, 1.82) is 0 Å². The first-order valence-electron chi connectivity index (χ1n) is 25.8. The van der Waals surface area contributed by atoms with E-state index in [1.54, 1.807) is 41.1 Å². The summed E-state index contributed by atoms with van der Waals surface area (Å²) in [6.45, 7) is 12.9. The molecule has 3 heterocycles. The van der Waals surface area contributed by atoms with Crippen molar-refractivity contribution in [2.75, 3.05) is 34.5 Å². The van der Waals surface area contributed by atoms with Gasteiger partial charge in [0, 0.05) is 58.5 Å². The largest absolute Gasteiger partial charge is 0.460 e. The number of esters is 1. The zero-order chi connectivity index (χ0) is 52.6. The Kier molecular flexibility index (Phi) is 24.2.